The van der Waals surface area contributed by atoms with E-state index in [0.717, 1.165) is 0 Å². The molecule has 3 aliphatic rings. The fourth-order valence-electron chi connectivity index (χ4n) is 5.09. The number of alkyl halides is 3. The lowest BCUT2D eigenvalue weighted by Gasteiger charge is -2.48. The summed E-state index contributed by atoms with van der Waals surface area (Å²) in [6, 6.07) is 5.06. The zero-order valence-electron chi connectivity index (χ0n) is 22.0. The predicted molar refractivity (Wildman–Crippen MR) is 147 cm³/mol. The van der Waals surface area contributed by atoms with Crippen LogP contribution in [0.3, 0.4) is 0 Å². The van der Waals surface area contributed by atoms with Crippen molar-refractivity contribution in [3.8, 4) is 0 Å². The molecule has 2 heterocycles. The Bertz CT molecular complexity index is 1290. The largest absolute Gasteiger partial charge is 0.421 e. The van der Waals surface area contributed by atoms with Gasteiger partial charge in [0.2, 0.25) is 15.9 Å². The van der Waals surface area contributed by atoms with Crippen LogP contribution in [-0.4, -0.2) is 90.5 Å². The summed E-state index contributed by atoms with van der Waals surface area (Å²) in [6.07, 6.45) is 0.496. The third-order valence-corrected chi connectivity index (χ3v) is 10.2. The average Bonchev–Trinajstić information content (AvgIpc) is 2.86. The number of carbonyl (C=O) groups is 1. The number of aliphatic hydroxyl groups is 1. The van der Waals surface area contributed by atoms with Crippen LogP contribution >= 0.6 is 12.2 Å². The third-order valence-electron chi connectivity index (χ3n) is 7.78. The Morgan fingerprint density at radius 3 is 2.44 bits per heavy atom. The van der Waals surface area contributed by atoms with E-state index in [1.165, 1.54) is 34.6 Å². The first-order valence-electron chi connectivity index (χ1n) is 12.7. The van der Waals surface area contributed by atoms with E-state index in [4.69, 9.17) is 12.2 Å². The van der Waals surface area contributed by atoms with Gasteiger partial charge in [0.15, 0.2) is 5.60 Å². The van der Waals surface area contributed by atoms with E-state index in [1.807, 2.05) is 9.80 Å². The van der Waals surface area contributed by atoms with Gasteiger partial charge in [-0.15, -0.1) is 0 Å². The van der Waals surface area contributed by atoms with E-state index in [-0.39, 0.29) is 36.0 Å². The summed E-state index contributed by atoms with van der Waals surface area (Å²) in [4.78, 5) is 17.0. The minimum absolute atomic E-state index is 0.0994. The lowest BCUT2D eigenvalue weighted by molar-refractivity contribution is -0.258. The maximum Gasteiger partial charge on any atom is 0.421 e. The van der Waals surface area contributed by atoms with Crippen molar-refractivity contribution in [2.75, 3.05) is 44.2 Å². The molecule has 13 heteroatoms. The van der Waals surface area contributed by atoms with Crippen LogP contribution in [0.1, 0.15) is 32.8 Å². The minimum atomic E-state index is -4.85. The van der Waals surface area contributed by atoms with Crippen LogP contribution in [0.25, 0.3) is 0 Å². The normalized spacial score (nSPS) is 24.7. The SMILES string of the molecule is CC1(C)C(=O)NCCN1C[C@H]1CN(S(=O)(=O)C2=CC=CCC2=S)CCN1c1ccc(C(C)(O)C(F)(F)F)cc1. The summed E-state index contributed by atoms with van der Waals surface area (Å²) in [5.41, 5.74) is -3.55. The summed E-state index contributed by atoms with van der Waals surface area (Å²) in [5, 5.41) is 12.9. The molecule has 4 rings (SSSR count). The number of anilines is 1. The topological polar surface area (TPSA) is 93.2 Å². The molecule has 1 aromatic carbocycles. The zero-order valence-corrected chi connectivity index (χ0v) is 23.7. The first kappa shape index (κ1) is 29.7. The van der Waals surface area contributed by atoms with Crippen molar-refractivity contribution in [1.29, 1.82) is 0 Å². The van der Waals surface area contributed by atoms with Crippen LogP contribution in [0, 0.1) is 0 Å². The van der Waals surface area contributed by atoms with Gasteiger partial charge in [-0.3, -0.25) is 9.69 Å². The van der Waals surface area contributed by atoms with E-state index in [1.54, 1.807) is 26.0 Å². The second-order valence-electron chi connectivity index (χ2n) is 10.7. The summed E-state index contributed by atoms with van der Waals surface area (Å²) in [5.74, 6) is -0.135. The van der Waals surface area contributed by atoms with Gasteiger partial charge in [-0.25, -0.2) is 8.42 Å². The van der Waals surface area contributed by atoms with E-state index in [9.17, 15) is 31.5 Å². The van der Waals surface area contributed by atoms with Crippen LogP contribution in [0.5, 0.6) is 0 Å². The van der Waals surface area contributed by atoms with Gasteiger partial charge in [-0.05, 0) is 44.5 Å². The molecule has 0 bridgehead atoms. The number of hydrogen-bond acceptors (Lipinski definition) is 7. The minimum Gasteiger partial charge on any atom is -0.376 e. The molecule has 0 saturated carbocycles. The molecule has 2 saturated heterocycles. The van der Waals surface area contributed by atoms with Gasteiger partial charge in [0.25, 0.3) is 0 Å². The molecule has 214 valence electrons. The molecule has 39 heavy (non-hydrogen) atoms. The van der Waals surface area contributed by atoms with Gasteiger partial charge in [0, 0.05) is 56.2 Å². The van der Waals surface area contributed by atoms with Crippen molar-refractivity contribution in [1.82, 2.24) is 14.5 Å². The highest BCUT2D eigenvalue weighted by molar-refractivity contribution is 7.96. The molecule has 0 radical (unpaired) electrons. The average molecular weight is 587 g/mol. The number of piperazine rings is 2. The number of rotatable bonds is 6. The number of nitrogens with zero attached hydrogens (tertiary/aromatic N) is 3. The molecular weight excluding hydrogens is 553 g/mol. The van der Waals surface area contributed by atoms with Crippen LogP contribution in [0.15, 0.2) is 47.4 Å². The lowest BCUT2D eigenvalue weighted by Crippen LogP contribution is -2.66. The highest BCUT2D eigenvalue weighted by Gasteiger charge is 2.51. The Labute approximate surface area is 232 Å². The number of benzene rings is 1. The van der Waals surface area contributed by atoms with Crippen LogP contribution < -0.4 is 10.2 Å². The molecule has 1 aromatic rings. The number of amides is 1. The quantitative estimate of drug-likeness (QED) is 0.496. The second-order valence-corrected chi connectivity index (χ2v) is 13.1. The molecule has 0 spiro atoms. The lowest BCUT2D eigenvalue weighted by atomic mass is 9.94. The number of sulfonamides is 1. The summed E-state index contributed by atoms with van der Waals surface area (Å²) >= 11 is 5.33. The summed E-state index contributed by atoms with van der Waals surface area (Å²) in [6.45, 7) is 6.18. The van der Waals surface area contributed by atoms with Gasteiger partial charge < -0.3 is 15.3 Å². The maximum atomic E-state index is 13.6. The van der Waals surface area contributed by atoms with E-state index < -0.39 is 33.4 Å². The molecule has 0 aromatic heterocycles. The number of nitrogens with one attached hydrogen (secondary N) is 1. The Balaban J connectivity index is 1.65. The molecule has 1 unspecified atom stereocenters. The molecule has 2 aliphatic heterocycles. The summed E-state index contributed by atoms with van der Waals surface area (Å²) in [7, 11) is -3.88. The highest BCUT2D eigenvalue weighted by Crippen LogP contribution is 2.39. The molecule has 2 N–H and O–H groups in total. The fourth-order valence-corrected chi connectivity index (χ4v) is 7.16. The van der Waals surface area contributed by atoms with Gasteiger partial charge >= 0.3 is 6.18 Å². The second kappa shape index (κ2) is 10.6. The van der Waals surface area contributed by atoms with Crippen molar-refractivity contribution >= 4 is 38.7 Å². The first-order valence-corrected chi connectivity index (χ1v) is 14.5. The van der Waals surface area contributed by atoms with Gasteiger partial charge in [-0.1, -0.05) is 36.5 Å². The Kier molecular flexibility index (Phi) is 8.05. The summed E-state index contributed by atoms with van der Waals surface area (Å²) < 4.78 is 68.6. The molecule has 8 nitrogen and oxygen atoms in total. The van der Waals surface area contributed by atoms with E-state index >= 15 is 0 Å². The van der Waals surface area contributed by atoms with Crippen LogP contribution in [-0.2, 0) is 20.4 Å². The van der Waals surface area contributed by atoms with Gasteiger partial charge in [0.05, 0.1) is 16.5 Å². The fraction of sp³-hybridized carbons (Fsp3) is 0.538. The standard InChI is InChI=1S/C26H33F3N4O4S2/c1-24(2)23(34)30-12-13-31(24)16-20-17-32(39(36,37)22-7-5-4-6-21(22)38)14-15-33(20)19-10-8-18(9-11-19)25(3,35)26(27,28)29/h4-5,7-11,20,35H,6,12-17H2,1-3H3,(H,30,34)/t20-,25?/m0/s1. The molecule has 2 fully saturated rings. The number of halogens is 3. The monoisotopic (exact) mass is 586 g/mol. The van der Waals surface area contributed by atoms with Crippen molar-refractivity contribution in [3.05, 3.63) is 53.0 Å². The smallest absolute Gasteiger partial charge is 0.376 e. The molecule has 2 atom stereocenters. The maximum absolute atomic E-state index is 13.6. The van der Waals surface area contributed by atoms with Crippen molar-refractivity contribution in [2.24, 2.45) is 0 Å². The Hall–Kier alpha value is -2.32. The molecule has 1 amide bonds. The molecular formula is C26H33F3N4O4S2. The Morgan fingerprint density at radius 1 is 1.15 bits per heavy atom. The van der Waals surface area contributed by atoms with E-state index in [2.05, 4.69) is 5.32 Å². The highest BCUT2D eigenvalue weighted by atomic mass is 32.2. The zero-order chi connectivity index (χ0) is 28.8. The number of allylic oxidation sites excluding steroid dienone is 4. The number of hydrogen-bond donors (Lipinski definition) is 2. The first-order chi connectivity index (χ1) is 18.1. The number of thiocarbonyl (C=S) groups is 1. The van der Waals surface area contributed by atoms with Crippen LogP contribution in [0.2, 0.25) is 0 Å². The van der Waals surface area contributed by atoms with Gasteiger partial charge in [-0.2, -0.15) is 17.5 Å². The van der Waals surface area contributed by atoms with Crippen molar-refractivity contribution in [2.45, 2.75) is 50.6 Å². The number of carbonyl (C=O) groups excluding carboxylic acids is 1. The van der Waals surface area contributed by atoms with E-state index in [0.29, 0.717) is 43.5 Å². The Morgan fingerprint density at radius 2 is 1.82 bits per heavy atom. The third kappa shape index (κ3) is 5.64. The molecule has 1 aliphatic carbocycles. The van der Waals surface area contributed by atoms with Gasteiger partial charge in [0.1, 0.15) is 0 Å². The van der Waals surface area contributed by atoms with Crippen LogP contribution in [0.4, 0.5) is 18.9 Å². The predicted octanol–water partition coefficient (Wildman–Crippen LogP) is 2.70. The van der Waals surface area contributed by atoms with Crippen molar-refractivity contribution < 1.29 is 31.5 Å². The van der Waals surface area contributed by atoms with Crippen molar-refractivity contribution in [3.63, 3.8) is 0 Å².